The smallest absolute Gasteiger partial charge is 0.411 e. The second-order valence-electron chi connectivity index (χ2n) is 5.18. The predicted molar refractivity (Wildman–Crippen MR) is 76.9 cm³/mol. The van der Waals surface area contributed by atoms with Crippen molar-refractivity contribution in [2.45, 2.75) is 12.3 Å². The van der Waals surface area contributed by atoms with Crippen LogP contribution in [-0.2, 0) is 9.47 Å². The molecule has 120 valence electrons. The van der Waals surface area contributed by atoms with Gasteiger partial charge in [-0.15, -0.1) is 0 Å². The van der Waals surface area contributed by atoms with Crippen LogP contribution in [0.15, 0.2) is 48.5 Å². The van der Waals surface area contributed by atoms with E-state index in [0.29, 0.717) is 5.56 Å². The number of ether oxygens (including phenoxy) is 2. The number of esters is 1. The van der Waals surface area contributed by atoms with Crippen LogP contribution in [0, 0.1) is 0 Å². The van der Waals surface area contributed by atoms with Crippen molar-refractivity contribution < 1.29 is 27.4 Å². The fourth-order valence-corrected chi connectivity index (χ4v) is 2.48. The number of fused-ring (bicyclic) bond motifs is 1. The molecule has 0 bridgehead atoms. The van der Waals surface area contributed by atoms with Gasteiger partial charge in [-0.05, 0) is 22.8 Å². The van der Waals surface area contributed by atoms with Crippen molar-refractivity contribution >= 4 is 5.97 Å². The average Bonchev–Trinajstić information content (AvgIpc) is 2.54. The topological polar surface area (TPSA) is 35.5 Å². The van der Waals surface area contributed by atoms with E-state index in [1.165, 1.54) is 0 Å². The van der Waals surface area contributed by atoms with Gasteiger partial charge in [0.2, 0.25) is 0 Å². The molecule has 3 nitrogen and oxygen atoms in total. The highest BCUT2D eigenvalue weighted by molar-refractivity contribution is 5.93. The Labute approximate surface area is 130 Å². The van der Waals surface area contributed by atoms with Gasteiger partial charge in [-0.25, -0.2) is 4.79 Å². The van der Waals surface area contributed by atoms with Gasteiger partial charge in [-0.1, -0.05) is 42.5 Å². The normalized spacial score (nSPS) is 17.5. The van der Waals surface area contributed by atoms with Crippen LogP contribution in [0.4, 0.5) is 13.2 Å². The highest BCUT2D eigenvalue weighted by Crippen LogP contribution is 2.32. The Morgan fingerprint density at radius 1 is 1.09 bits per heavy atom. The maximum Gasteiger partial charge on any atom is 0.411 e. The van der Waals surface area contributed by atoms with E-state index in [1.807, 2.05) is 30.3 Å². The van der Waals surface area contributed by atoms with Crippen LogP contribution in [0.25, 0.3) is 11.1 Å². The van der Waals surface area contributed by atoms with Crippen LogP contribution in [0.1, 0.15) is 22.0 Å². The Kier molecular flexibility index (Phi) is 4.09. The molecule has 0 spiro atoms. The molecule has 0 saturated carbocycles. The number of rotatable bonds is 3. The number of hydrogen-bond acceptors (Lipinski definition) is 3. The maximum atomic E-state index is 12.3. The number of carbonyl (C=O) groups is 1. The summed E-state index contributed by atoms with van der Waals surface area (Å²) in [6, 6.07) is 14.4. The molecular formula is C17H13F3O3. The fraction of sp³-hybridized carbons (Fsp3) is 0.235. The number of alkyl halides is 3. The Hall–Kier alpha value is -2.34. The van der Waals surface area contributed by atoms with Crippen molar-refractivity contribution in [3.05, 3.63) is 59.7 Å². The number of hydrogen-bond donors (Lipinski definition) is 0. The Bertz CT molecular complexity index is 711. The van der Waals surface area contributed by atoms with E-state index in [0.717, 1.165) is 11.1 Å². The molecule has 2 aromatic rings. The molecule has 1 unspecified atom stereocenters. The van der Waals surface area contributed by atoms with Crippen molar-refractivity contribution in [1.29, 1.82) is 0 Å². The largest absolute Gasteiger partial charge is 0.459 e. The third-order valence-electron chi connectivity index (χ3n) is 3.54. The second-order valence-corrected chi connectivity index (χ2v) is 5.18. The number of benzene rings is 2. The van der Waals surface area contributed by atoms with Crippen LogP contribution in [0.5, 0.6) is 0 Å². The molecule has 0 aromatic heterocycles. The van der Waals surface area contributed by atoms with Crippen LogP contribution >= 0.6 is 0 Å². The van der Waals surface area contributed by atoms with Gasteiger partial charge in [0.15, 0.2) is 0 Å². The first-order valence-electron chi connectivity index (χ1n) is 6.99. The molecule has 2 aromatic carbocycles. The van der Waals surface area contributed by atoms with Crippen molar-refractivity contribution in [2.24, 2.45) is 0 Å². The van der Waals surface area contributed by atoms with E-state index < -0.39 is 24.9 Å². The van der Waals surface area contributed by atoms with Gasteiger partial charge in [-0.3, -0.25) is 0 Å². The number of cyclic esters (lactones) is 1. The molecule has 0 saturated heterocycles. The van der Waals surface area contributed by atoms with Crippen LogP contribution in [0.3, 0.4) is 0 Å². The van der Waals surface area contributed by atoms with Gasteiger partial charge in [-0.2, -0.15) is 13.2 Å². The fourth-order valence-electron chi connectivity index (χ4n) is 2.48. The van der Waals surface area contributed by atoms with Gasteiger partial charge in [0.05, 0.1) is 5.56 Å². The zero-order valence-electron chi connectivity index (χ0n) is 12.0. The highest BCUT2D eigenvalue weighted by Gasteiger charge is 2.33. The molecule has 3 rings (SSSR count). The van der Waals surface area contributed by atoms with Crippen molar-refractivity contribution in [1.82, 2.24) is 0 Å². The van der Waals surface area contributed by atoms with Crippen molar-refractivity contribution in [3.63, 3.8) is 0 Å². The molecule has 23 heavy (non-hydrogen) atoms. The summed E-state index contributed by atoms with van der Waals surface area (Å²) < 4.78 is 46.8. The van der Waals surface area contributed by atoms with Gasteiger partial charge in [0.25, 0.3) is 0 Å². The molecular weight excluding hydrogens is 309 g/mol. The summed E-state index contributed by atoms with van der Waals surface area (Å²) in [5, 5.41) is 0. The molecule has 1 atom stereocenters. The molecule has 1 heterocycles. The molecule has 0 amide bonds. The Morgan fingerprint density at radius 2 is 1.83 bits per heavy atom. The van der Waals surface area contributed by atoms with E-state index in [2.05, 4.69) is 0 Å². The molecule has 6 heteroatoms. The van der Waals surface area contributed by atoms with Gasteiger partial charge < -0.3 is 9.47 Å². The average molecular weight is 322 g/mol. The lowest BCUT2D eigenvalue weighted by Gasteiger charge is -2.26. The number of carbonyl (C=O) groups excluding carboxylic acids is 1. The summed E-state index contributed by atoms with van der Waals surface area (Å²) in [5.74, 6) is -0.551. The van der Waals surface area contributed by atoms with Crippen molar-refractivity contribution in [2.75, 3.05) is 13.2 Å². The lowest BCUT2D eigenvalue weighted by molar-refractivity contribution is -0.190. The summed E-state index contributed by atoms with van der Waals surface area (Å²) in [4.78, 5) is 11.9. The van der Waals surface area contributed by atoms with E-state index in [1.54, 1.807) is 18.2 Å². The molecule has 0 radical (unpaired) electrons. The first-order valence-corrected chi connectivity index (χ1v) is 6.99. The lowest BCUT2D eigenvalue weighted by Crippen LogP contribution is -2.28. The van der Waals surface area contributed by atoms with E-state index in [9.17, 15) is 18.0 Å². The lowest BCUT2D eigenvalue weighted by atomic mass is 9.95. The summed E-state index contributed by atoms with van der Waals surface area (Å²) in [5.41, 5.74) is 2.36. The highest BCUT2D eigenvalue weighted by atomic mass is 19.4. The monoisotopic (exact) mass is 322 g/mol. The van der Waals surface area contributed by atoms with E-state index >= 15 is 0 Å². The van der Waals surface area contributed by atoms with E-state index in [-0.39, 0.29) is 12.2 Å². The summed E-state index contributed by atoms with van der Waals surface area (Å²) in [6.07, 6.45) is -5.33. The minimum absolute atomic E-state index is 0.216. The maximum absolute atomic E-state index is 12.3. The van der Waals surface area contributed by atoms with E-state index in [4.69, 9.17) is 9.47 Å². The van der Waals surface area contributed by atoms with Gasteiger partial charge in [0.1, 0.15) is 19.3 Å². The number of halogens is 3. The minimum atomic E-state index is -4.43. The SMILES string of the molecule is O=C1OCC(OCC(F)(F)F)c2ccc(-c3ccccc3)cc21. The zero-order chi connectivity index (χ0) is 16.4. The molecule has 1 aliphatic rings. The third kappa shape index (κ3) is 3.53. The summed E-state index contributed by atoms with van der Waals surface area (Å²) in [7, 11) is 0. The van der Waals surface area contributed by atoms with Crippen LogP contribution in [-0.4, -0.2) is 25.4 Å². The minimum Gasteiger partial charge on any atom is -0.459 e. The van der Waals surface area contributed by atoms with Crippen LogP contribution < -0.4 is 0 Å². The van der Waals surface area contributed by atoms with Crippen molar-refractivity contribution in [3.8, 4) is 11.1 Å². The molecule has 0 aliphatic carbocycles. The molecule has 0 N–H and O–H groups in total. The van der Waals surface area contributed by atoms with Gasteiger partial charge in [0, 0.05) is 0 Å². The first-order chi connectivity index (χ1) is 10.9. The Balaban J connectivity index is 1.91. The quantitative estimate of drug-likeness (QED) is 0.797. The third-order valence-corrected chi connectivity index (χ3v) is 3.54. The first kappa shape index (κ1) is 15.6. The Morgan fingerprint density at radius 3 is 2.52 bits per heavy atom. The predicted octanol–water partition coefficient (Wildman–Crippen LogP) is 4.14. The van der Waals surface area contributed by atoms with Gasteiger partial charge >= 0.3 is 12.1 Å². The summed E-state index contributed by atoms with van der Waals surface area (Å²) in [6.45, 7) is -1.60. The second kappa shape index (κ2) is 6.04. The van der Waals surface area contributed by atoms with Crippen LogP contribution in [0.2, 0.25) is 0 Å². The zero-order valence-corrected chi connectivity index (χ0v) is 12.0. The summed E-state index contributed by atoms with van der Waals surface area (Å²) >= 11 is 0. The molecule has 0 fully saturated rings. The standard InChI is InChI=1S/C17H13F3O3/c18-17(19,20)10-23-15-9-22-16(21)14-8-12(6-7-13(14)15)11-4-2-1-3-5-11/h1-8,15H,9-10H2. The molecule has 1 aliphatic heterocycles.